The van der Waals surface area contributed by atoms with Crippen LogP contribution in [0.4, 0.5) is 0 Å². The van der Waals surface area contributed by atoms with Crippen LogP contribution in [0.3, 0.4) is 0 Å². The Balaban J connectivity index is 2.73. The summed E-state index contributed by atoms with van der Waals surface area (Å²) in [7, 11) is 1.84. The Hall–Kier alpha value is -0.756. The van der Waals surface area contributed by atoms with E-state index in [1.807, 2.05) is 20.8 Å². The van der Waals surface area contributed by atoms with Gasteiger partial charge in [0.25, 0.3) is 0 Å². The maximum Gasteiger partial charge on any atom is 0.338 e. The molecule has 2 aliphatic rings. The largest absolute Gasteiger partial charge is 0.456 e. The second-order valence-corrected chi connectivity index (χ2v) is 27.4. The predicted octanol–water partition coefficient (Wildman–Crippen LogP) is 7.37. The number of carbonyl (C=O) groups excluding carboxylic acids is 1. The van der Waals surface area contributed by atoms with Crippen molar-refractivity contribution < 1.29 is 57.0 Å². The van der Waals surface area contributed by atoms with Crippen molar-refractivity contribution in [3.8, 4) is 0 Å². The molecule has 324 valence electrons. The monoisotopic (exact) mass is 821 g/mol. The zero-order valence-corrected chi connectivity index (χ0v) is 39.3. The van der Waals surface area contributed by atoms with Gasteiger partial charge in [0.15, 0.2) is 22.7 Å². The lowest BCUT2D eigenvalue weighted by Crippen LogP contribution is -2.70. The molecule has 2 saturated heterocycles. The number of cyclic esters (lactones) is 1. The van der Waals surface area contributed by atoms with Crippen LogP contribution in [-0.2, 0) is 46.8 Å². The van der Waals surface area contributed by atoms with E-state index < -0.39 is 82.6 Å². The van der Waals surface area contributed by atoms with Gasteiger partial charge in [-0.3, -0.25) is 0 Å². The molecule has 55 heavy (non-hydrogen) atoms. The summed E-state index contributed by atoms with van der Waals surface area (Å²) in [5.74, 6) is -2.54. The third kappa shape index (κ3) is 12.4. The van der Waals surface area contributed by atoms with E-state index in [1.54, 1.807) is 14.2 Å². The van der Waals surface area contributed by atoms with Gasteiger partial charge >= 0.3 is 5.97 Å². The summed E-state index contributed by atoms with van der Waals surface area (Å²) in [6.45, 7) is 25.6. The molecule has 2 fully saturated rings. The van der Waals surface area contributed by atoms with Crippen LogP contribution in [0, 0.1) is 11.3 Å². The lowest BCUT2D eigenvalue weighted by atomic mass is 9.70. The number of fused-ring (bicyclic) bond motifs is 2. The van der Waals surface area contributed by atoms with Crippen molar-refractivity contribution in [3.63, 3.8) is 0 Å². The minimum absolute atomic E-state index is 0.0699. The molecule has 0 amide bonds. The van der Waals surface area contributed by atoms with Gasteiger partial charge in [0.1, 0.15) is 19.0 Å². The van der Waals surface area contributed by atoms with Crippen molar-refractivity contribution in [1.82, 2.24) is 0 Å². The zero-order chi connectivity index (χ0) is 42.0. The first-order chi connectivity index (χ1) is 25.6. The number of methoxy groups -OCH3 is 4. The molecular weight excluding hydrogens is 741 g/mol. The third-order valence-corrected chi connectivity index (χ3v) is 22.3. The highest BCUT2D eigenvalue weighted by molar-refractivity contribution is 6.74. The van der Waals surface area contributed by atoms with Crippen LogP contribution in [0.1, 0.15) is 101 Å². The van der Waals surface area contributed by atoms with Crippen molar-refractivity contribution in [2.24, 2.45) is 11.3 Å². The minimum Gasteiger partial charge on any atom is -0.456 e. The Morgan fingerprint density at radius 1 is 0.945 bits per heavy atom. The van der Waals surface area contributed by atoms with Gasteiger partial charge in [0, 0.05) is 66.1 Å². The van der Waals surface area contributed by atoms with Crippen molar-refractivity contribution >= 4 is 22.6 Å². The Bertz CT molecular complexity index is 1180. The highest BCUT2D eigenvalue weighted by Gasteiger charge is 2.62. The van der Waals surface area contributed by atoms with Gasteiger partial charge in [-0.25, -0.2) is 4.79 Å². The summed E-state index contributed by atoms with van der Waals surface area (Å²) < 4.78 is 56.1. The molecule has 0 aromatic carbocycles. The number of ether oxygens (including phenoxy) is 7. The lowest BCUT2D eigenvalue weighted by Gasteiger charge is -2.57. The fourth-order valence-corrected chi connectivity index (χ4v) is 11.4. The Morgan fingerprint density at radius 2 is 1.53 bits per heavy atom. The number of hydrogen-bond acceptors (Lipinski definition) is 12. The molecule has 10 atom stereocenters. The minimum atomic E-state index is -2.33. The van der Waals surface area contributed by atoms with Crippen LogP contribution in [0.25, 0.3) is 0 Å². The maximum absolute atomic E-state index is 14.3. The molecular formula is C41H80O12Si2. The molecule has 14 heteroatoms. The average molecular weight is 821 g/mol. The average Bonchev–Trinajstić information content (AvgIpc) is 3.13. The molecule has 0 aliphatic carbocycles. The van der Waals surface area contributed by atoms with E-state index in [1.165, 1.54) is 14.2 Å². The summed E-state index contributed by atoms with van der Waals surface area (Å²) >= 11 is 0. The standard InChI is InChI=1S/C41H80O12Si2/c1-17-29(26-50-54(15,16)39(6,7)8)21-28(5)32-22-30(46-12)25-35(42)40(9,10)41(44)37(53-55(18-2,19-3)20-4)34(48-14)24-31(52-41)23-33(47-13)36(38(43)51-32)49-27-45-11/h21,29-37,42,44H,17-20,22-27H2,1-16H3/t29-,30-,31+,32?,33-,34-,35+,36+,37-,41+/m0/s1. The summed E-state index contributed by atoms with van der Waals surface area (Å²) in [6.07, 6.45) is -2.73. The van der Waals surface area contributed by atoms with Gasteiger partial charge in [-0.2, -0.15) is 0 Å². The smallest absolute Gasteiger partial charge is 0.338 e. The summed E-state index contributed by atoms with van der Waals surface area (Å²) in [5.41, 5.74) is -0.430. The number of hydrogen-bond donors (Lipinski definition) is 2. The van der Waals surface area contributed by atoms with Gasteiger partial charge in [0.2, 0.25) is 5.79 Å². The first kappa shape index (κ1) is 50.4. The van der Waals surface area contributed by atoms with Gasteiger partial charge in [-0.1, -0.05) is 68.4 Å². The fourth-order valence-electron chi connectivity index (χ4n) is 7.52. The molecule has 1 unspecified atom stereocenters. The fraction of sp³-hybridized carbons (Fsp3) is 0.927. The Labute approximate surface area is 335 Å². The van der Waals surface area contributed by atoms with Crippen LogP contribution in [-0.4, -0.2) is 129 Å². The van der Waals surface area contributed by atoms with E-state index in [-0.39, 0.29) is 37.0 Å². The first-order valence-corrected chi connectivity index (χ1v) is 26.0. The van der Waals surface area contributed by atoms with Gasteiger partial charge < -0.3 is 52.2 Å². The van der Waals surface area contributed by atoms with Crippen molar-refractivity contribution in [2.45, 2.75) is 192 Å². The highest BCUT2D eigenvalue weighted by Crippen LogP contribution is 2.49. The number of aliphatic hydroxyl groups excluding tert-OH is 1. The van der Waals surface area contributed by atoms with Gasteiger partial charge in [-0.15, -0.1) is 0 Å². The molecule has 0 radical (unpaired) electrons. The van der Waals surface area contributed by atoms with E-state index in [9.17, 15) is 15.0 Å². The predicted molar refractivity (Wildman–Crippen MR) is 220 cm³/mol. The van der Waals surface area contributed by atoms with E-state index in [2.05, 4.69) is 67.6 Å². The highest BCUT2D eigenvalue weighted by atomic mass is 28.4. The summed E-state index contributed by atoms with van der Waals surface area (Å²) in [5, 5.41) is 25.3. The summed E-state index contributed by atoms with van der Waals surface area (Å²) in [4.78, 5) is 14.3. The quantitative estimate of drug-likeness (QED) is 0.0656. The maximum atomic E-state index is 14.3. The molecule has 2 heterocycles. The molecule has 0 saturated carbocycles. The van der Waals surface area contributed by atoms with Crippen molar-refractivity contribution in [3.05, 3.63) is 11.6 Å². The molecule has 2 N–H and O–H groups in total. The number of rotatable bonds is 17. The number of esters is 1. The second-order valence-electron chi connectivity index (χ2n) is 17.9. The normalized spacial score (nSPS) is 32.5. The van der Waals surface area contributed by atoms with E-state index in [0.29, 0.717) is 13.0 Å². The van der Waals surface area contributed by atoms with E-state index in [0.717, 1.165) is 30.1 Å². The molecule has 0 aromatic rings. The molecule has 0 spiro atoms. The topological polar surface area (TPSA) is 141 Å². The van der Waals surface area contributed by atoms with Gasteiger partial charge in [-0.05, 0) is 61.1 Å². The number of aliphatic hydroxyl groups is 2. The molecule has 12 nitrogen and oxygen atoms in total. The van der Waals surface area contributed by atoms with Crippen LogP contribution >= 0.6 is 0 Å². The third-order valence-electron chi connectivity index (χ3n) is 13.2. The molecule has 2 bridgehead atoms. The molecule has 2 rings (SSSR count). The van der Waals surface area contributed by atoms with Crippen LogP contribution in [0.5, 0.6) is 0 Å². The number of carbonyl (C=O) groups is 1. The van der Waals surface area contributed by atoms with E-state index >= 15 is 0 Å². The van der Waals surface area contributed by atoms with Crippen LogP contribution in [0.15, 0.2) is 11.6 Å². The van der Waals surface area contributed by atoms with Crippen LogP contribution < -0.4 is 0 Å². The zero-order valence-electron chi connectivity index (χ0n) is 37.3. The second kappa shape index (κ2) is 21.5. The van der Waals surface area contributed by atoms with Crippen molar-refractivity contribution in [1.29, 1.82) is 0 Å². The Kier molecular flexibility index (Phi) is 19.7. The van der Waals surface area contributed by atoms with E-state index in [4.69, 9.17) is 42.0 Å². The molecule has 0 aromatic heterocycles. The lowest BCUT2D eigenvalue weighted by molar-refractivity contribution is -0.376. The van der Waals surface area contributed by atoms with Crippen LogP contribution in [0.2, 0.25) is 36.3 Å². The molecule has 2 aliphatic heterocycles. The first-order valence-electron chi connectivity index (χ1n) is 20.6. The van der Waals surface area contributed by atoms with Crippen molar-refractivity contribution in [2.75, 3.05) is 41.8 Å². The summed E-state index contributed by atoms with van der Waals surface area (Å²) in [6, 6.07) is 2.55. The SMILES string of the molecule is CC[C@@H](C=C(C)C1C[C@H](OC)C[C@@H](O)C(C)(C)[C@]2(O)O[C@H](C[C@H](OC)[C@@H](OCOC)C(=O)O1)C[C@H](OC)[C@@H]2O[Si](CC)(CC)CC)CO[Si](C)(C)C(C)(C)C. The van der Waals surface area contributed by atoms with Gasteiger partial charge in [0.05, 0.1) is 30.5 Å². The Morgan fingerprint density at radius 3 is 2.02 bits per heavy atom.